The molecule has 4 fully saturated rings. The van der Waals surface area contributed by atoms with Crippen LogP contribution in [0.2, 0.25) is 0 Å². The van der Waals surface area contributed by atoms with Crippen molar-refractivity contribution >= 4 is 82.8 Å². The minimum atomic E-state index is -2.05. The van der Waals surface area contributed by atoms with Crippen molar-refractivity contribution in [2.24, 2.45) is 5.92 Å². The van der Waals surface area contributed by atoms with Crippen LogP contribution in [0.25, 0.3) is 0 Å². The number of ether oxygens (including phenoxy) is 11. The van der Waals surface area contributed by atoms with Gasteiger partial charge in [-0.3, -0.25) is 19.7 Å². The molecule has 1 amide bonds. The van der Waals surface area contributed by atoms with E-state index >= 15 is 0 Å². The second kappa shape index (κ2) is 31.5. The van der Waals surface area contributed by atoms with E-state index in [0.29, 0.717) is 27.9 Å². The molecule has 6 aliphatic rings. The fourth-order valence-corrected chi connectivity index (χ4v) is 15.1. The van der Waals surface area contributed by atoms with E-state index in [9.17, 15) is 39.9 Å². The summed E-state index contributed by atoms with van der Waals surface area (Å²) in [5, 5.41) is 63.0. The van der Waals surface area contributed by atoms with Gasteiger partial charge in [0.1, 0.15) is 36.6 Å². The van der Waals surface area contributed by atoms with Crippen molar-refractivity contribution in [1.29, 1.82) is 0 Å². The first kappa shape index (κ1) is 68.6. The van der Waals surface area contributed by atoms with Crippen LogP contribution in [0.4, 0.5) is 4.79 Å². The molecule has 0 unspecified atom stereocenters. The number of hydrogen-bond donors (Lipinski definition) is 8. The lowest BCUT2D eigenvalue weighted by atomic mass is 9.75. The molecule has 19 atom stereocenters. The van der Waals surface area contributed by atoms with Crippen molar-refractivity contribution in [3.63, 3.8) is 0 Å². The molecule has 0 aromatic heterocycles. The molecule has 0 radical (unpaired) electrons. The lowest BCUT2D eigenvalue weighted by Gasteiger charge is -2.46. The number of thioether (sulfide) groups is 1. The number of fused-ring (bicyclic) bond motifs is 2. The van der Waals surface area contributed by atoms with Gasteiger partial charge in [-0.1, -0.05) is 77.0 Å². The first-order valence-corrected chi connectivity index (χ1v) is 33.2. The van der Waals surface area contributed by atoms with Crippen LogP contribution < -0.4 is 30.3 Å². The Morgan fingerprint density at radius 1 is 0.893 bits per heavy atom. The zero-order valence-corrected chi connectivity index (χ0v) is 53.9. The lowest BCUT2D eigenvalue weighted by molar-refractivity contribution is -0.336. The summed E-state index contributed by atoms with van der Waals surface area (Å²) in [6, 6.07) is -1.25. The topological polar surface area (TPSA) is 299 Å². The summed E-state index contributed by atoms with van der Waals surface area (Å²) in [6.07, 6.45) is -9.62. The summed E-state index contributed by atoms with van der Waals surface area (Å²) in [7, 11) is 11.4. The Kier molecular flexibility index (Phi) is 25.7. The van der Waals surface area contributed by atoms with E-state index in [1.54, 1.807) is 34.0 Å². The molecule has 7 rings (SSSR count). The maximum atomic E-state index is 14.5. The van der Waals surface area contributed by atoms with Gasteiger partial charge in [0.2, 0.25) is 10.9 Å². The quantitative estimate of drug-likeness (QED) is 0.0269. The number of carbonyl (C=O) groups is 3. The SMILES string of the molecule is CCN[C@H]1CO[C@@H](O[C@H]2[C@H](O[C@H]3C#C/C=C\C#C[C@]4(O)CC(=O)C(NC(=O)OC)=C3C4=CCSSSC)O[C@H](C)[C@@H](NO[C@H]3C[C@H](O)[C@H](SC(=O)c4c(C)c(I)c(O[C@@H]5C[C@@H](C)[C@H](O)[C@@H](OC)[C@H]5O)c(OC)c4OC)[C@@H](C)O3)[C@@H]2O)C[C@@H]1OC. The third-order valence-corrected chi connectivity index (χ3v) is 21.7. The Morgan fingerprint density at radius 2 is 1.63 bits per heavy atom. The predicted octanol–water partition coefficient (Wildman–Crippen LogP) is 3.86. The number of hydrogen-bond acceptors (Lipinski definition) is 26. The van der Waals surface area contributed by atoms with E-state index in [1.165, 1.54) is 64.9 Å². The Morgan fingerprint density at radius 3 is 2.30 bits per heavy atom. The van der Waals surface area contributed by atoms with Gasteiger partial charge in [0.25, 0.3) is 0 Å². The number of likely N-dealkylation sites (N-methyl/N-ethyl adjacent to an activating group) is 1. The summed E-state index contributed by atoms with van der Waals surface area (Å²) in [5.41, 5.74) is 1.42. The van der Waals surface area contributed by atoms with E-state index in [4.69, 9.17) is 56.9 Å². The first-order chi connectivity index (χ1) is 40.2. The number of carbonyl (C=O) groups excluding carboxylic acids is 3. The highest BCUT2D eigenvalue weighted by Crippen LogP contribution is 2.49. The largest absolute Gasteiger partial charge is 0.492 e. The van der Waals surface area contributed by atoms with Gasteiger partial charge in [-0.2, -0.15) is 5.48 Å². The van der Waals surface area contributed by atoms with Crippen molar-refractivity contribution < 1.29 is 96.9 Å². The van der Waals surface area contributed by atoms with Crippen molar-refractivity contribution in [3.05, 3.63) is 49.8 Å². The molecule has 1 aromatic rings. The molecule has 28 heteroatoms. The minimum absolute atomic E-state index is 0.0114. The van der Waals surface area contributed by atoms with E-state index < -0.39 is 120 Å². The summed E-state index contributed by atoms with van der Waals surface area (Å²) in [4.78, 5) is 47.6. The molecule has 8 N–H and O–H groups in total. The Bertz CT molecular complexity index is 2710. The summed E-state index contributed by atoms with van der Waals surface area (Å²) in [6.45, 7) is 9.70. The second-order valence-electron chi connectivity index (χ2n) is 20.6. The number of hydroxylamine groups is 1. The molecule has 1 aromatic carbocycles. The highest BCUT2D eigenvalue weighted by atomic mass is 127. The third-order valence-electron chi connectivity index (χ3n) is 15.3. The zero-order chi connectivity index (χ0) is 61.2. The average molecular weight is 1370 g/mol. The van der Waals surface area contributed by atoms with Gasteiger partial charge < -0.3 is 83.0 Å². The minimum Gasteiger partial charge on any atom is -0.492 e. The number of aliphatic hydroxyl groups is 5. The van der Waals surface area contributed by atoms with Gasteiger partial charge in [-0.15, -0.1) is 0 Å². The van der Waals surface area contributed by atoms with Crippen LogP contribution in [0.3, 0.4) is 0 Å². The number of Topliss-reactive ketones (excluding diaryl/α,β-unsaturated/α-hetero) is 1. The van der Waals surface area contributed by atoms with Crippen LogP contribution >= 0.6 is 65.8 Å². The van der Waals surface area contributed by atoms with Crippen LogP contribution in [0, 0.1) is 40.1 Å². The molecule has 1 saturated carbocycles. The molecule has 2 bridgehead atoms. The third kappa shape index (κ3) is 15.7. The number of allylic oxidation sites excluding steroid dienone is 3. The van der Waals surface area contributed by atoms with E-state index in [0.717, 1.165) is 18.9 Å². The fourth-order valence-electron chi connectivity index (χ4n) is 10.9. The van der Waals surface area contributed by atoms with Gasteiger partial charge in [0.05, 0.1) is 97.0 Å². The summed E-state index contributed by atoms with van der Waals surface area (Å²) >= 11 is 2.91. The van der Waals surface area contributed by atoms with Crippen molar-refractivity contribution in [3.8, 4) is 40.9 Å². The number of ketones is 1. The van der Waals surface area contributed by atoms with Crippen LogP contribution in [0.1, 0.15) is 69.3 Å². The van der Waals surface area contributed by atoms with Gasteiger partial charge in [-0.25, -0.2) is 4.79 Å². The standard InChI is InChI=1S/C56H76IN3O20S4/c1-12-58-31-25-74-37(23-35(31)69-6)79-50-46(65)42(28(4)76-54(50)78-34-17-15-13-14-16-19-56(68)24-33(62)43(59-55(67)73-10)40(34)30(56)18-20-82-84-81-11)60-80-38-22-32(61)52(29(5)75-38)83-53(66)39-27(3)41(57)48(51(72-9)47(39)70-7)77-36-21-26(2)44(63)49(71-8)45(36)64/h13-14,18,26,28-29,31-32,34-38,42,44-46,49-50,52,54,58,60-61,63-65,68H,12,20-25H2,1-11H3,(H,59,67)/b14-13-,30-18?/t26-,28-,29-,31+,32+,34+,35+,36-,37+,38+,42-,44+,45+,46+,49-,50-,52-,54+,56+/m1/s1. The van der Waals surface area contributed by atoms with Gasteiger partial charge in [0.15, 0.2) is 41.8 Å². The Labute approximate surface area is 519 Å². The molecular formula is C56H76IN3O20S4. The number of rotatable bonds is 22. The smallest absolute Gasteiger partial charge is 0.411 e. The van der Waals surface area contributed by atoms with Gasteiger partial charge >= 0.3 is 6.09 Å². The molecule has 23 nitrogen and oxygen atoms in total. The van der Waals surface area contributed by atoms with E-state index in [2.05, 4.69) is 62.4 Å². The van der Waals surface area contributed by atoms with Crippen molar-refractivity contribution in [2.45, 2.75) is 169 Å². The number of alkyl carbamates (subject to hydrolysis) is 1. The number of aliphatic hydroxyl groups excluding tert-OH is 4. The van der Waals surface area contributed by atoms with Crippen molar-refractivity contribution in [1.82, 2.24) is 16.1 Å². The lowest BCUT2D eigenvalue weighted by Crippen LogP contribution is -2.65. The maximum Gasteiger partial charge on any atom is 0.411 e. The Hall–Kier alpha value is -2.90. The normalized spacial score (nSPS) is 35.9. The number of benzene rings is 1. The highest BCUT2D eigenvalue weighted by molar-refractivity contribution is 14.1. The average Bonchev–Trinajstić information content (AvgIpc) is 1.36. The molecule has 3 aliphatic heterocycles. The summed E-state index contributed by atoms with van der Waals surface area (Å²) in [5.74, 6) is 11.3. The maximum absolute atomic E-state index is 14.5. The molecule has 0 spiro atoms. The fraction of sp³-hybridized carbons (Fsp3) is 0.661. The van der Waals surface area contributed by atoms with E-state index in [-0.39, 0.29) is 77.2 Å². The number of halogens is 1. The molecule has 466 valence electrons. The highest BCUT2D eigenvalue weighted by Gasteiger charge is 2.52. The molecular weight excluding hydrogens is 1290 g/mol. The van der Waals surface area contributed by atoms with Gasteiger partial charge in [-0.05, 0) is 96.0 Å². The van der Waals surface area contributed by atoms with Crippen molar-refractivity contribution in [2.75, 3.05) is 60.7 Å². The monoisotopic (exact) mass is 1370 g/mol. The van der Waals surface area contributed by atoms with Crippen LogP contribution in [0.5, 0.6) is 17.2 Å². The molecule has 3 saturated heterocycles. The molecule has 3 aliphatic carbocycles. The van der Waals surface area contributed by atoms with Crippen LogP contribution in [-0.2, 0) is 47.5 Å². The number of amides is 1. The van der Waals surface area contributed by atoms with Crippen LogP contribution in [0.15, 0.2) is 35.1 Å². The van der Waals surface area contributed by atoms with Crippen LogP contribution in [-0.4, -0.2) is 212 Å². The Balaban J connectivity index is 1.12. The van der Waals surface area contributed by atoms with Gasteiger partial charge in [0, 0.05) is 44.0 Å². The first-order valence-electron chi connectivity index (χ1n) is 27.2. The van der Waals surface area contributed by atoms with E-state index in [1.807, 2.05) is 20.1 Å². The second-order valence-corrected chi connectivity index (χ2v) is 27.2. The predicted molar refractivity (Wildman–Crippen MR) is 323 cm³/mol. The molecule has 84 heavy (non-hydrogen) atoms. The number of methoxy groups -OCH3 is 5. The molecule has 3 heterocycles. The number of nitrogens with one attached hydrogen (secondary N) is 3. The summed E-state index contributed by atoms with van der Waals surface area (Å²) < 4.78 is 67.2. The zero-order valence-electron chi connectivity index (χ0n) is 48.4.